The Hall–Kier alpha value is -2.90. The molecule has 1 aliphatic rings. The van der Waals surface area contributed by atoms with Crippen molar-refractivity contribution in [2.45, 2.75) is 19.1 Å². The molecule has 28 heavy (non-hydrogen) atoms. The van der Waals surface area contributed by atoms with Crippen molar-refractivity contribution in [3.05, 3.63) is 63.6 Å². The zero-order chi connectivity index (χ0) is 20.3. The second-order valence-electron chi connectivity index (χ2n) is 5.87. The average molecular weight is 421 g/mol. The van der Waals surface area contributed by atoms with Gasteiger partial charge in [0.1, 0.15) is 0 Å². The lowest BCUT2D eigenvalue weighted by Crippen LogP contribution is -2.30. The van der Waals surface area contributed by atoms with E-state index in [2.05, 4.69) is 10.3 Å². The predicted molar refractivity (Wildman–Crippen MR) is 104 cm³/mol. The number of fused-ring (bicyclic) bond motifs is 1. The number of carbonyl (C=O) groups is 3. The number of benzodiazepines with no additional fused rings is 1. The Balaban J connectivity index is 2.04. The van der Waals surface area contributed by atoms with Gasteiger partial charge in [-0.25, -0.2) is 4.99 Å². The smallest absolute Gasteiger partial charge is 0.308 e. The van der Waals surface area contributed by atoms with Gasteiger partial charge in [-0.3, -0.25) is 14.4 Å². The monoisotopic (exact) mass is 420 g/mol. The van der Waals surface area contributed by atoms with Gasteiger partial charge in [0.25, 0.3) is 12.1 Å². The van der Waals surface area contributed by atoms with Crippen LogP contribution in [0.25, 0.3) is 0 Å². The Labute approximate surface area is 169 Å². The number of rotatable bonds is 5. The highest BCUT2D eigenvalue weighted by Gasteiger charge is 2.29. The van der Waals surface area contributed by atoms with E-state index in [0.717, 1.165) is 0 Å². The molecule has 1 atom stereocenters. The first-order valence-electron chi connectivity index (χ1n) is 8.20. The van der Waals surface area contributed by atoms with Crippen molar-refractivity contribution in [2.75, 3.05) is 5.32 Å². The standard InChI is InChI=1S/C19H14Cl2N2O5/c20-10-5-6-14-12(9-10)17(11-3-1-2-4-13(11)21)23-19(18(27)22-14)28-16(26)8-7-15(24)25/h1-6,9,19H,7-8H2,(H,22,27)(H,24,25). The molecule has 9 heteroatoms. The number of carboxylic acid groups (broad SMARTS) is 1. The molecule has 0 saturated carbocycles. The highest BCUT2D eigenvalue weighted by molar-refractivity contribution is 6.37. The maximum absolute atomic E-state index is 12.5. The Morgan fingerprint density at radius 2 is 1.86 bits per heavy atom. The first-order valence-corrected chi connectivity index (χ1v) is 8.95. The number of halogens is 2. The number of esters is 1. The van der Waals surface area contributed by atoms with Gasteiger partial charge in [0.05, 0.1) is 24.2 Å². The van der Waals surface area contributed by atoms with E-state index in [1.54, 1.807) is 42.5 Å². The minimum Gasteiger partial charge on any atom is -0.481 e. The normalized spacial score (nSPS) is 15.7. The van der Waals surface area contributed by atoms with Crippen molar-refractivity contribution in [1.82, 2.24) is 0 Å². The summed E-state index contributed by atoms with van der Waals surface area (Å²) < 4.78 is 5.11. The van der Waals surface area contributed by atoms with Crippen LogP contribution in [-0.4, -0.2) is 34.9 Å². The fourth-order valence-corrected chi connectivity index (χ4v) is 3.00. The third-order valence-electron chi connectivity index (χ3n) is 3.88. The number of nitrogens with zero attached hydrogens (tertiary/aromatic N) is 1. The molecule has 0 fully saturated rings. The predicted octanol–water partition coefficient (Wildman–Crippen LogP) is 3.52. The molecule has 2 N–H and O–H groups in total. The summed E-state index contributed by atoms with van der Waals surface area (Å²) >= 11 is 12.4. The number of nitrogens with one attached hydrogen (secondary N) is 1. The van der Waals surface area contributed by atoms with Gasteiger partial charge in [0.2, 0.25) is 0 Å². The van der Waals surface area contributed by atoms with Gasteiger partial charge in [0.15, 0.2) is 0 Å². The zero-order valence-corrected chi connectivity index (χ0v) is 15.8. The summed E-state index contributed by atoms with van der Waals surface area (Å²) in [4.78, 5) is 39.4. The summed E-state index contributed by atoms with van der Waals surface area (Å²) in [5, 5.41) is 12.1. The maximum atomic E-state index is 12.5. The van der Waals surface area contributed by atoms with Crippen LogP contribution in [0.2, 0.25) is 10.0 Å². The molecule has 0 spiro atoms. The number of hydrogen-bond acceptors (Lipinski definition) is 5. The number of amides is 1. The molecular formula is C19H14Cl2N2O5. The van der Waals surface area contributed by atoms with Gasteiger partial charge in [-0.15, -0.1) is 0 Å². The number of hydrogen-bond donors (Lipinski definition) is 2. The second kappa shape index (κ2) is 8.41. The highest BCUT2D eigenvalue weighted by atomic mass is 35.5. The quantitative estimate of drug-likeness (QED) is 0.719. The number of carboxylic acids is 1. The Bertz CT molecular complexity index is 990. The summed E-state index contributed by atoms with van der Waals surface area (Å²) in [6.07, 6.45) is -2.29. The molecule has 0 aliphatic carbocycles. The zero-order valence-electron chi connectivity index (χ0n) is 14.3. The van der Waals surface area contributed by atoms with Gasteiger partial charge in [-0.1, -0.05) is 41.4 Å². The number of anilines is 1. The van der Waals surface area contributed by atoms with E-state index >= 15 is 0 Å². The van der Waals surface area contributed by atoms with E-state index in [1.807, 2.05) is 0 Å². The highest BCUT2D eigenvalue weighted by Crippen LogP contribution is 2.30. The van der Waals surface area contributed by atoms with Gasteiger partial charge in [0, 0.05) is 21.2 Å². The summed E-state index contributed by atoms with van der Waals surface area (Å²) in [5.74, 6) is -2.67. The molecule has 0 aromatic heterocycles. The van der Waals surface area contributed by atoms with Crippen LogP contribution in [0.15, 0.2) is 47.5 Å². The number of benzene rings is 2. The molecule has 144 valence electrons. The van der Waals surface area contributed by atoms with Crippen molar-refractivity contribution in [3.8, 4) is 0 Å². The van der Waals surface area contributed by atoms with Gasteiger partial charge < -0.3 is 15.2 Å². The fourth-order valence-electron chi connectivity index (χ4n) is 2.60. The molecule has 3 rings (SSSR count). The second-order valence-corrected chi connectivity index (χ2v) is 6.72. The average Bonchev–Trinajstić information content (AvgIpc) is 2.77. The van der Waals surface area contributed by atoms with E-state index < -0.39 is 30.5 Å². The van der Waals surface area contributed by atoms with Gasteiger partial charge >= 0.3 is 11.9 Å². The molecule has 0 bridgehead atoms. The third-order valence-corrected chi connectivity index (χ3v) is 4.44. The van der Waals surface area contributed by atoms with Crippen molar-refractivity contribution in [1.29, 1.82) is 0 Å². The number of ether oxygens (including phenoxy) is 1. The Kier molecular flexibility index (Phi) is 5.96. The third kappa shape index (κ3) is 4.49. The van der Waals surface area contributed by atoms with Crippen LogP contribution in [0.1, 0.15) is 24.0 Å². The van der Waals surface area contributed by atoms with Crippen LogP contribution in [0.4, 0.5) is 5.69 Å². The Morgan fingerprint density at radius 3 is 2.57 bits per heavy atom. The molecule has 2 aromatic carbocycles. The minimum atomic E-state index is -1.50. The van der Waals surface area contributed by atoms with Crippen LogP contribution < -0.4 is 5.32 Å². The SMILES string of the molecule is O=C(O)CCC(=O)OC1N=C(c2ccccc2Cl)c2cc(Cl)ccc2NC1=O. The largest absolute Gasteiger partial charge is 0.481 e. The number of aliphatic imine (C=N–C) groups is 1. The van der Waals surface area contributed by atoms with Crippen molar-refractivity contribution in [2.24, 2.45) is 4.99 Å². The lowest BCUT2D eigenvalue weighted by atomic mass is 10.0. The summed E-state index contributed by atoms with van der Waals surface area (Å²) in [6, 6.07) is 11.7. The van der Waals surface area contributed by atoms with Crippen LogP contribution >= 0.6 is 23.2 Å². The molecule has 1 amide bonds. The lowest BCUT2D eigenvalue weighted by molar-refractivity contribution is -0.155. The van der Waals surface area contributed by atoms with Crippen LogP contribution in [0.3, 0.4) is 0 Å². The molecule has 7 nitrogen and oxygen atoms in total. The fraction of sp³-hybridized carbons (Fsp3) is 0.158. The van der Waals surface area contributed by atoms with E-state index in [-0.39, 0.29) is 6.42 Å². The Morgan fingerprint density at radius 1 is 1.11 bits per heavy atom. The first kappa shape index (κ1) is 19.9. The van der Waals surface area contributed by atoms with Crippen molar-refractivity contribution in [3.63, 3.8) is 0 Å². The molecule has 0 radical (unpaired) electrons. The van der Waals surface area contributed by atoms with Gasteiger partial charge in [-0.2, -0.15) is 0 Å². The van der Waals surface area contributed by atoms with E-state index in [4.69, 9.17) is 33.0 Å². The summed E-state index contributed by atoms with van der Waals surface area (Å²) in [5.41, 5.74) is 1.78. The topological polar surface area (TPSA) is 105 Å². The van der Waals surface area contributed by atoms with Crippen LogP contribution in [0.5, 0.6) is 0 Å². The van der Waals surface area contributed by atoms with Crippen LogP contribution in [-0.2, 0) is 19.1 Å². The van der Waals surface area contributed by atoms with E-state index in [0.29, 0.717) is 32.6 Å². The molecule has 1 heterocycles. The van der Waals surface area contributed by atoms with Crippen LogP contribution in [0, 0.1) is 0 Å². The number of carbonyl (C=O) groups excluding carboxylic acids is 2. The van der Waals surface area contributed by atoms with E-state index in [9.17, 15) is 14.4 Å². The van der Waals surface area contributed by atoms with Gasteiger partial charge in [-0.05, 0) is 24.3 Å². The molecular weight excluding hydrogens is 407 g/mol. The van der Waals surface area contributed by atoms with Crippen molar-refractivity contribution >= 4 is 52.4 Å². The molecule has 1 unspecified atom stereocenters. The number of aliphatic carboxylic acids is 1. The molecule has 1 aliphatic heterocycles. The summed E-state index contributed by atoms with van der Waals surface area (Å²) in [7, 11) is 0. The molecule has 2 aromatic rings. The summed E-state index contributed by atoms with van der Waals surface area (Å²) in [6.45, 7) is 0. The van der Waals surface area contributed by atoms with E-state index in [1.165, 1.54) is 0 Å². The maximum Gasteiger partial charge on any atom is 0.308 e. The lowest BCUT2D eigenvalue weighted by Gasteiger charge is -2.12. The van der Waals surface area contributed by atoms with Crippen molar-refractivity contribution < 1.29 is 24.2 Å². The first-order chi connectivity index (χ1) is 13.3. The molecule has 0 saturated heterocycles. The minimum absolute atomic E-state index is 0.317.